The molecule has 1 aliphatic rings. The molecule has 134 valence electrons. The Balaban J connectivity index is 1.60. The maximum atomic E-state index is 12.9. The molecule has 1 aromatic carbocycles. The van der Waals surface area contributed by atoms with Crippen LogP contribution < -0.4 is 5.43 Å². The molecular formula is C20H22N4OS. The molecule has 1 N–H and O–H groups in total. The Morgan fingerprint density at radius 1 is 1.08 bits per heavy atom. The van der Waals surface area contributed by atoms with E-state index in [1.54, 1.807) is 11.3 Å². The fourth-order valence-electron chi connectivity index (χ4n) is 3.24. The third-order valence-corrected chi connectivity index (χ3v) is 5.44. The van der Waals surface area contributed by atoms with E-state index in [0.29, 0.717) is 12.1 Å². The average molecular weight is 366 g/mol. The van der Waals surface area contributed by atoms with Gasteiger partial charge >= 0.3 is 0 Å². The van der Waals surface area contributed by atoms with Crippen molar-refractivity contribution in [2.45, 2.75) is 25.8 Å². The number of benzene rings is 1. The number of thiophene rings is 1. The van der Waals surface area contributed by atoms with Crippen LogP contribution in [0.5, 0.6) is 0 Å². The van der Waals surface area contributed by atoms with E-state index >= 15 is 0 Å². The molecule has 0 spiro atoms. The topological polar surface area (TPSA) is 50.2 Å². The van der Waals surface area contributed by atoms with Crippen molar-refractivity contribution >= 4 is 17.2 Å². The third-order valence-electron chi connectivity index (χ3n) is 4.56. The lowest BCUT2D eigenvalue weighted by molar-refractivity contribution is 0.0750. The van der Waals surface area contributed by atoms with Crippen molar-refractivity contribution < 1.29 is 4.79 Å². The molecule has 0 radical (unpaired) electrons. The largest absolute Gasteiger partial charge is 0.285 e. The maximum Gasteiger partial charge on any atom is 0.269 e. The Kier molecular flexibility index (Phi) is 5.13. The highest BCUT2D eigenvalue weighted by Gasteiger charge is 2.21. The normalized spacial score (nSPS) is 15.1. The number of hydrogen-bond acceptors (Lipinski definition) is 4. The second kappa shape index (κ2) is 7.85. The minimum atomic E-state index is -0.0744. The van der Waals surface area contributed by atoms with Gasteiger partial charge in [0.05, 0.1) is 17.0 Å². The van der Waals surface area contributed by atoms with Crippen molar-refractivity contribution in [3.05, 3.63) is 65.2 Å². The number of aromatic nitrogens is 2. The summed E-state index contributed by atoms with van der Waals surface area (Å²) in [6.07, 6.45) is 5.36. The number of hydrogen-bond donors (Lipinski definition) is 1. The molecule has 1 aliphatic heterocycles. The third kappa shape index (κ3) is 3.86. The first-order chi connectivity index (χ1) is 12.8. The first-order valence-electron chi connectivity index (χ1n) is 9.01. The SMILES string of the molecule is O=C(NN1CCCCC1)c1cn(Cc2ccccc2)nc1-c1cccs1. The predicted molar refractivity (Wildman–Crippen MR) is 104 cm³/mol. The zero-order valence-corrected chi connectivity index (χ0v) is 15.4. The van der Waals surface area contributed by atoms with E-state index in [-0.39, 0.29) is 5.91 Å². The van der Waals surface area contributed by atoms with E-state index in [2.05, 4.69) is 17.6 Å². The van der Waals surface area contributed by atoms with Crippen LogP contribution in [0.3, 0.4) is 0 Å². The molecule has 1 fully saturated rings. The summed E-state index contributed by atoms with van der Waals surface area (Å²) in [6.45, 7) is 2.48. The van der Waals surface area contributed by atoms with Crippen LogP contribution in [-0.2, 0) is 6.54 Å². The number of nitrogens with one attached hydrogen (secondary N) is 1. The van der Waals surface area contributed by atoms with Gasteiger partial charge in [-0.3, -0.25) is 14.9 Å². The van der Waals surface area contributed by atoms with Crippen LogP contribution in [0, 0.1) is 0 Å². The molecule has 2 aromatic heterocycles. The summed E-state index contributed by atoms with van der Waals surface area (Å²) < 4.78 is 1.86. The molecule has 0 saturated carbocycles. The fraction of sp³-hybridized carbons (Fsp3) is 0.300. The average Bonchev–Trinajstić information content (AvgIpc) is 3.33. The summed E-state index contributed by atoms with van der Waals surface area (Å²) in [4.78, 5) is 13.9. The second-order valence-electron chi connectivity index (χ2n) is 6.54. The molecule has 5 nitrogen and oxygen atoms in total. The number of nitrogens with zero attached hydrogens (tertiary/aromatic N) is 3. The standard InChI is InChI=1S/C20H22N4OS/c25-20(22-23-11-5-2-6-12-23)17-15-24(14-16-8-3-1-4-9-16)21-19(17)18-10-7-13-26-18/h1,3-4,7-10,13,15H,2,5-6,11-12,14H2,(H,22,25). The minimum absolute atomic E-state index is 0.0744. The van der Waals surface area contributed by atoms with Gasteiger partial charge in [0, 0.05) is 19.3 Å². The lowest BCUT2D eigenvalue weighted by Crippen LogP contribution is -2.45. The minimum Gasteiger partial charge on any atom is -0.285 e. The first-order valence-corrected chi connectivity index (χ1v) is 9.89. The van der Waals surface area contributed by atoms with Crippen molar-refractivity contribution in [3.8, 4) is 10.6 Å². The van der Waals surface area contributed by atoms with Gasteiger partial charge in [0.2, 0.25) is 0 Å². The predicted octanol–water partition coefficient (Wildman–Crippen LogP) is 3.79. The van der Waals surface area contributed by atoms with Gasteiger partial charge in [-0.1, -0.05) is 42.8 Å². The summed E-state index contributed by atoms with van der Waals surface area (Å²) in [5, 5.41) is 8.75. The molecular weight excluding hydrogens is 344 g/mol. The van der Waals surface area contributed by atoms with Crippen LogP contribution in [0.2, 0.25) is 0 Å². The van der Waals surface area contributed by atoms with Crippen molar-refractivity contribution in [3.63, 3.8) is 0 Å². The van der Waals surface area contributed by atoms with Gasteiger partial charge in [-0.2, -0.15) is 5.10 Å². The molecule has 0 aliphatic carbocycles. The van der Waals surface area contributed by atoms with Gasteiger partial charge in [-0.05, 0) is 29.9 Å². The summed E-state index contributed by atoms with van der Waals surface area (Å²) in [5.41, 5.74) is 5.61. The van der Waals surface area contributed by atoms with Crippen LogP contribution in [0.1, 0.15) is 35.2 Å². The van der Waals surface area contributed by atoms with E-state index in [1.165, 1.54) is 6.42 Å². The van der Waals surface area contributed by atoms with Gasteiger partial charge in [0.15, 0.2) is 0 Å². The fourth-order valence-corrected chi connectivity index (χ4v) is 3.97. The lowest BCUT2D eigenvalue weighted by atomic mass is 10.1. The highest BCUT2D eigenvalue weighted by atomic mass is 32.1. The van der Waals surface area contributed by atoms with Gasteiger partial charge in [-0.25, -0.2) is 5.01 Å². The van der Waals surface area contributed by atoms with Crippen molar-refractivity contribution in [1.82, 2.24) is 20.2 Å². The number of piperidine rings is 1. The van der Waals surface area contributed by atoms with E-state index in [1.807, 2.05) is 51.6 Å². The van der Waals surface area contributed by atoms with Crippen LogP contribution in [-0.4, -0.2) is 33.8 Å². The van der Waals surface area contributed by atoms with Crippen LogP contribution in [0.25, 0.3) is 10.6 Å². The van der Waals surface area contributed by atoms with Crippen molar-refractivity contribution in [2.75, 3.05) is 13.1 Å². The van der Waals surface area contributed by atoms with Crippen LogP contribution in [0.15, 0.2) is 54.0 Å². The summed E-state index contributed by atoms with van der Waals surface area (Å²) >= 11 is 1.60. The van der Waals surface area contributed by atoms with E-state index in [4.69, 9.17) is 5.10 Å². The number of hydrazine groups is 1. The van der Waals surface area contributed by atoms with Crippen LogP contribution >= 0.6 is 11.3 Å². The number of carbonyl (C=O) groups excluding carboxylic acids is 1. The smallest absolute Gasteiger partial charge is 0.269 e. The Morgan fingerprint density at radius 2 is 1.88 bits per heavy atom. The van der Waals surface area contributed by atoms with Gasteiger partial charge < -0.3 is 0 Å². The van der Waals surface area contributed by atoms with Crippen molar-refractivity contribution in [2.24, 2.45) is 0 Å². The molecule has 6 heteroatoms. The number of rotatable bonds is 5. The molecule has 0 atom stereocenters. The molecule has 3 heterocycles. The molecule has 0 bridgehead atoms. The molecule has 1 saturated heterocycles. The van der Waals surface area contributed by atoms with E-state index in [9.17, 15) is 4.79 Å². The Labute approximate surface area is 157 Å². The Hall–Kier alpha value is -2.44. The first kappa shape index (κ1) is 17.0. The van der Waals surface area contributed by atoms with Gasteiger partial charge in [0.1, 0.15) is 5.69 Å². The highest BCUT2D eigenvalue weighted by Crippen LogP contribution is 2.27. The summed E-state index contributed by atoms with van der Waals surface area (Å²) in [6, 6.07) is 14.2. The summed E-state index contributed by atoms with van der Waals surface area (Å²) in [7, 11) is 0. The lowest BCUT2D eigenvalue weighted by Gasteiger charge is -2.26. The Bertz CT molecular complexity index is 851. The zero-order valence-electron chi connectivity index (χ0n) is 14.6. The van der Waals surface area contributed by atoms with Crippen LogP contribution in [0.4, 0.5) is 0 Å². The monoisotopic (exact) mass is 366 g/mol. The number of carbonyl (C=O) groups is 1. The second-order valence-corrected chi connectivity index (χ2v) is 7.49. The highest BCUT2D eigenvalue weighted by molar-refractivity contribution is 7.13. The summed E-state index contributed by atoms with van der Waals surface area (Å²) in [5.74, 6) is -0.0744. The van der Waals surface area contributed by atoms with Gasteiger partial charge in [-0.15, -0.1) is 11.3 Å². The van der Waals surface area contributed by atoms with E-state index in [0.717, 1.165) is 42.1 Å². The Morgan fingerprint density at radius 3 is 2.62 bits per heavy atom. The maximum absolute atomic E-state index is 12.9. The quantitative estimate of drug-likeness (QED) is 0.747. The molecule has 0 unspecified atom stereocenters. The number of amides is 1. The molecule has 3 aromatic rings. The van der Waals surface area contributed by atoms with Gasteiger partial charge in [0.25, 0.3) is 5.91 Å². The molecule has 26 heavy (non-hydrogen) atoms. The molecule has 4 rings (SSSR count). The van der Waals surface area contributed by atoms with E-state index < -0.39 is 0 Å². The van der Waals surface area contributed by atoms with Crippen molar-refractivity contribution in [1.29, 1.82) is 0 Å². The zero-order chi connectivity index (χ0) is 17.8. The molecule has 1 amide bonds.